The fraction of sp³-hybridized carbons (Fsp3) is 0.417. The molecule has 0 amide bonds. The highest BCUT2D eigenvalue weighted by atomic mass is 127. The minimum absolute atomic E-state index is 0.319. The lowest BCUT2D eigenvalue weighted by Gasteiger charge is -2.18. The summed E-state index contributed by atoms with van der Waals surface area (Å²) in [5, 5.41) is 0. The van der Waals surface area contributed by atoms with E-state index < -0.39 is 5.97 Å². The van der Waals surface area contributed by atoms with Crippen molar-refractivity contribution in [1.29, 1.82) is 0 Å². The Morgan fingerprint density at radius 1 is 0.944 bits per heavy atom. The molecule has 0 aliphatic carbocycles. The number of ether oxygens (including phenoxy) is 4. The van der Waals surface area contributed by atoms with Gasteiger partial charge in [0, 0.05) is 0 Å². The van der Waals surface area contributed by atoms with E-state index in [1.54, 1.807) is 6.92 Å². The van der Waals surface area contributed by atoms with Crippen LogP contribution in [0.3, 0.4) is 0 Å². The Morgan fingerprint density at radius 3 is 1.83 bits per heavy atom. The Morgan fingerprint density at radius 2 is 1.44 bits per heavy atom. The number of hydrogen-bond acceptors (Lipinski definition) is 5. The zero-order valence-corrected chi connectivity index (χ0v) is 13.1. The molecule has 1 rings (SSSR count). The summed E-state index contributed by atoms with van der Waals surface area (Å²) in [5.74, 6) is 0.776. The van der Waals surface area contributed by atoms with E-state index in [4.69, 9.17) is 18.9 Å². The molecule has 6 heteroatoms. The Hall–Kier alpha value is -1.18. The Labute approximate surface area is 119 Å². The fourth-order valence-electron chi connectivity index (χ4n) is 1.68. The van der Waals surface area contributed by atoms with Gasteiger partial charge >= 0.3 is 5.97 Å². The minimum atomic E-state index is -0.469. The van der Waals surface area contributed by atoms with Crippen molar-refractivity contribution in [2.24, 2.45) is 0 Å². The normalized spacial score (nSPS) is 9.89. The molecular weight excluding hydrogens is 351 g/mol. The van der Waals surface area contributed by atoms with Gasteiger partial charge in [-0.3, -0.25) is 0 Å². The maximum Gasteiger partial charge on any atom is 0.342 e. The van der Waals surface area contributed by atoms with Crippen LogP contribution in [0.5, 0.6) is 17.2 Å². The highest BCUT2D eigenvalue weighted by Crippen LogP contribution is 2.45. The van der Waals surface area contributed by atoms with Crippen molar-refractivity contribution in [3.63, 3.8) is 0 Å². The predicted octanol–water partition coefficient (Wildman–Crippen LogP) is 2.41. The second-order valence-corrected chi connectivity index (χ2v) is 4.48. The lowest BCUT2D eigenvalue weighted by Crippen LogP contribution is -2.10. The number of rotatable bonds is 4. The first-order valence-corrected chi connectivity index (χ1v) is 6.17. The monoisotopic (exact) mass is 366 g/mol. The molecule has 0 saturated heterocycles. The molecule has 0 heterocycles. The van der Waals surface area contributed by atoms with Crippen LogP contribution in [0.15, 0.2) is 0 Å². The first-order chi connectivity index (χ1) is 8.53. The van der Waals surface area contributed by atoms with Gasteiger partial charge in [0.25, 0.3) is 0 Å². The fourth-order valence-corrected chi connectivity index (χ4v) is 2.41. The molecule has 0 aliphatic heterocycles. The number of carbonyl (C=O) groups excluding carboxylic acids is 1. The van der Waals surface area contributed by atoms with Gasteiger partial charge in [-0.05, 0) is 35.1 Å². The highest BCUT2D eigenvalue weighted by Gasteiger charge is 2.27. The van der Waals surface area contributed by atoms with Gasteiger partial charge in [-0.2, -0.15) is 0 Å². The van der Waals surface area contributed by atoms with E-state index in [-0.39, 0.29) is 0 Å². The van der Waals surface area contributed by atoms with Crippen LogP contribution in [0.25, 0.3) is 0 Å². The summed E-state index contributed by atoms with van der Waals surface area (Å²) in [7, 11) is 5.82. The van der Waals surface area contributed by atoms with Crippen molar-refractivity contribution in [3.8, 4) is 17.2 Å². The first kappa shape index (κ1) is 14.9. The molecular formula is C12H15IO5. The van der Waals surface area contributed by atoms with Gasteiger partial charge in [-0.1, -0.05) is 0 Å². The number of esters is 1. The Bertz CT molecular complexity index is 470. The maximum atomic E-state index is 11.8. The largest absolute Gasteiger partial charge is 0.492 e. The van der Waals surface area contributed by atoms with Gasteiger partial charge < -0.3 is 18.9 Å². The van der Waals surface area contributed by atoms with Gasteiger partial charge in [-0.25, -0.2) is 4.79 Å². The smallest absolute Gasteiger partial charge is 0.342 e. The molecule has 0 unspecified atom stereocenters. The lowest BCUT2D eigenvalue weighted by atomic mass is 10.1. The highest BCUT2D eigenvalue weighted by molar-refractivity contribution is 14.1. The summed E-state index contributed by atoms with van der Waals surface area (Å²) in [6.07, 6.45) is 0. The van der Waals surface area contributed by atoms with Gasteiger partial charge in [0.05, 0.1) is 32.0 Å². The van der Waals surface area contributed by atoms with E-state index in [1.165, 1.54) is 28.4 Å². The molecule has 1 aromatic carbocycles. The van der Waals surface area contributed by atoms with Crippen molar-refractivity contribution in [2.75, 3.05) is 28.4 Å². The summed E-state index contributed by atoms with van der Waals surface area (Å²) >= 11 is 2.09. The van der Waals surface area contributed by atoms with Crippen LogP contribution < -0.4 is 14.2 Å². The zero-order chi connectivity index (χ0) is 13.9. The van der Waals surface area contributed by atoms with Crippen molar-refractivity contribution in [3.05, 3.63) is 14.7 Å². The molecule has 1 aromatic rings. The minimum Gasteiger partial charge on any atom is -0.492 e. The summed E-state index contributed by atoms with van der Waals surface area (Å²) in [4.78, 5) is 11.8. The quantitative estimate of drug-likeness (QED) is 0.605. The van der Waals surface area contributed by atoms with Gasteiger partial charge in [-0.15, -0.1) is 0 Å². The topological polar surface area (TPSA) is 54.0 Å². The Balaban J connectivity index is 3.71. The molecule has 0 aromatic heterocycles. The maximum absolute atomic E-state index is 11.8. The summed E-state index contributed by atoms with van der Waals surface area (Å²) < 4.78 is 21.4. The third kappa shape index (κ3) is 2.33. The molecule has 0 spiro atoms. The average molecular weight is 366 g/mol. The molecule has 5 nitrogen and oxygen atoms in total. The molecule has 0 aliphatic rings. The van der Waals surface area contributed by atoms with Crippen molar-refractivity contribution in [2.45, 2.75) is 6.92 Å². The van der Waals surface area contributed by atoms with E-state index in [0.717, 1.165) is 9.13 Å². The molecule has 100 valence electrons. The third-order valence-electron chi connectivity index (χ3n) is 2.55. The van der Waals surface area contributed by atoms with Gasteiger partial charge in [0.1, 0.15) is 5.56 Å². The first-order valence-electron chi connectivity index (χ1n) is 5.09. The molecule has 0 radical (unpaired) electrons. The molecule has 0 atom stereocenters. The second-order valence-electron chi connectivity index (χ2n) is 3.41. The number of hydrogen-bond donors (Lipinski definition) is 0. The molecule has 0 saturated carbocycles. The standard InChI is InChI=1S/C12H15IO5/c1-6-7(12(14)18-5)9(15-2)11(17-4)10(16-3)8(6)13/h1-5H3. The van der Waals surface area contributed by atoms with Crippen LogP contribution in [-0.2, 0) is 4.74 Å². The van der Waals surface area contributed by atoms with Crippen LogP contribution in [0, 0.1) is 10.5 Å². The summed E-state index contributed by atoms with van der Waals surface area (Å²) in [5.41, 5.74) is 1.08. The zero-order valence-electron chi connectivity index (χ0n) is 10.9. The van der Waals surface area contributed by atoms with E-state index in [2.05, 4.69) is 22.6 Å². The summed E-state index contributed by atoms with van der Waals surface area (Å²) in [6, 6.07) is 0. The number of carbonyl (C=O) groups is 1. The van der Waals surface area contributed by atoms with E-state index in [0.29, 0.717) is 22.8 Å². The molecule has 18 heavy (non-hydrogen) atoms. The van der Waals surface area contributed by atoms with Crippen LogP contribution in [0.2, 0.25) is 0 Å². The van der Waals surface area contributed by atoms with Gasteiger partial charge in [0.2, 0.25) is 5.75 Å². The van der Waals surface area contributed by atoms with E-state index >= 15 is 0 Å². The lowest BCUT2D eigenvalue weighted by molar-refractivity contribution is 0.0595. The number of methoxy groups -OCH3 is 4. The average Bonchev–Trinajstić information content (AvgIpc) is 2.39. The SMILES string of the molecule is COC(=O)c1c(C)c(I)c(OC)c(OC)c1OC. The van der Waals surface area contributed by atoms with Crippen LogP contribution >= 0.6 is 22.6 Å². The van der Waals surface area contributed by atoms with Crippen molar-refractivity contribution >= 4 is 28.6 Å². The van der Waals surface area contributed by atoms with E-state index in [9.17, 15) is 4.79 Å². The van der Waals surface area contributed by atoms with Crippen molar-refractivity contribution < 1.29 is 23.7 Å². The number of halogens is 1. The third-order valence-corrected chi connectivity index (χ3v) is 3.84. The van der Waals surface area contributed by atoms with Crippen LogP contribution in [-0.4, -0.2) is 34.4 Å². The number of benzene rings is 1. The van der Waals surface area contributed by atoms with Crippen LogP contribution in [0.1, 0.15) is 15.9 Å². The van der Waals surface area contributed by atoms with Crippen LogP contribution in [0.4, 0.5) is 0 Å². The van der Waals surface area contributed by atoms with E-state index in [1.807, 2.05) is 0 Å². The Kier molecular flexibility index (Phi) is 5.06. The van der Waals surface area contributed by atoms with Crippen molar-refractivity contribution in [1.82, 2.24) is 0 Å². The predicted molar refractivity (Wildman–Crippen MR) is 74.9 cm³/mol. The summed E-state index contributed by atoms with van der Waals surface area (Å²) in [6.45, 7) is 1.80. The molecule has 0 N–H and O–H groups in total. The second kappa shape index (κ2) is 6.12. The molecule has 0 fully saturated rings. The van der Waals surface area contributed by atoms with Gasteiger partial charge in [0.15, 0.2) is 11.5 Å². The molecule has 0 bridgehead atoms.